The van der Waals surface area contributed by atoms with Crippen LogP contribution < -0.4 is 0 Å². The fourth-order valence-corrected chi connectivity index (χ4v) is 3.55. The number of carbonyl (C=O) groups excluding carboxylic acids is 1. The van der Waals surface area contributed by atoms with E-state index in [-0.39, 0.29) is 16.9 Å². The lowest BCUT2D eigenvalue weighted by Crippen LogP contribution is -2.42. The van der Waals surface area contributed by atoms with Crippen molar-refractivity contribution in [1.29, 1.82) is 0 Å². The van der Waals surface area contributed by atoms with Crippen LogP contribution in [0.3, 0.4) is 0 Å². The second-order valence-electron chi connectivity index (χ2n) is 6.92. The Morgan fingerprint density at radius 2 is 1.84 bits per heavy atom. The van der Waals surface area contributed by atoms with Crippen LogP contribution >= 0.6 is 0 Å². The molecule has 0 spiro atoms. The van der Waals surface area contributed by atoms with E-state index in [9.17, 15) is 4.79 Å². The molecule has 0 unspecified atom stereocenters. The molecule has 1 aromatic rings. The maximum absolute atomic E-state index is 11.9. The Morgan fingerprint density at radius 3 is 2.47 bits per heavy atom. The predicted molar refractivity (Wildman–Crippen MR) is 81.0 cm³/mol. The van der Waals surface area contributed by atoms with Gasteiger partial charge in [-0.05, 0) is 30.1 Å². The molecule has 0 bridgehead atoms. The van der Waals surface area contributed by atoms with Gasteiger partial charge in [-0.1, -0.05) is 45.0 Å². The third-order valence-electron chi connectivity index (χ3n) is 4.48. The summed E-state index contributed by atoms with van der Waals surface area (Å²) in [5.74, 6) is 0.255. The smallest absolute Gasteiger partial charge is 0.192 e. The first-order valence-electron chi connectivity index (χ1n) is 7.02. The van der Waals surface area contributed by atoms with Gasteiger partial charge in [0.25, 0.3) is 0 Å². The number of hydrogen-bond donors (Lipinski definition) is 0. The van der Waals surface area contributed by atoms with Gasteiger partial charge in [-0.25, -0.2) is 0 Å². The molecule has 0 aliphatic heterocycles. The Bertz CT molecular complexity index is 486. The molecule has 0 aromatic heterocycles. The molecule has 2 nitrogen and oxygen atoms in total. The number of rotatable bonds is 2. The van der Waals surface area contributed by atoms with Crippen molar-refractivity contribution in [3.63, 3.8) is 0 Å². The molecule has 2 rings (SSSR count). The van der Waals surface area contributed by atoms with Crippen LogP contribution in [0.25, 0.3) is 0 Å². The van der Waals surface area contributed by atoms with Gasteiger partial charge in [0.2, 0.25) is 0 Å². The second-order valence-corrected chi connectivity index (χ2v) is 11.7. The van der Waals surface area contributed by atoms with E-state index in [4.69, 9.17) is 4.43 Å². The summed E-state index contributed by atoms with van der Waals surface area (Å²) in [5.41, 5.74) is 1.95. The van der Waals surface area contributed by atoms with Crippen LogP contribution in [0, 0.1) is 0 Å². The Hall–Kier alpha value is -0.933. The SMILES string of the molecule is CC(C)(C)[Si](C)(C)O[C@@H]1CCC(=O)c2ccccc21. The molecule has 1 aliphatic carbocycles. The van der Waals surface area contributed by atoms with Crippen LogP contribution in [0.1, 0.15) is 55.6 Å². The Kier molecular flexibility index (Phi) is 3.71. The van der Waals surface area contributed by atoms with Crippen molar-refractivity contribution < 1.29 is 9.22 Å². The summed E-state index contributed by atoms with van der Waals surface area (Å²) in [6.07, 6.45) is 1.52. The van der Waals surface area contributed by atoms with Crippen LogP contribution in [-0.4, -0.2) is 14.1 Å². The highest BCUT2D eigenvalue weighted by atomic mass is 28.4. The van der Waals surface area contributed by atoms with Crippen molar-refractivity contribution in [2.45, 2.75) is 57.8 Å². The van der Waals surface area contributed by atoms with Gasteiger partial charge >= 0.3 is 0 Å². The molecule has 0 amide bonds. The number of ketones is 1. The summed E-state index contributed by atoms with van der Waals surface area (Å²) in [5, 5.41) is 0.198. The van der Waals surface area contributed by atoms with Gasteiger partial charge in [0.1, 0.15) is 0 Å². The fraction of sp³-hybridized carbons (Fsp3) is 0.562. The summed E-state index contributed by atoms with van der Waals surface area (Å²) >= 11 is 0. The van der Waals surface area contributed by atoms with Gasteiger partial charge in [-0.3, -0.25) is 4.79 Å². The van der Waals surface area contributed by atoms with Crippen LogP contribution in [0.15, 0.2) is 24.3 Å². The van der Waals surface area contributed by atoms with Crippen LogP contribution in [0.2, 0.25) is 18.1 Å². The zero-order chi connectivity index (χ0) is 14.3. The minimum Gasteiger partial charge on any atom is -0.410 e. The fourth-order valence-electron chi connectivity index (χ4n) is 2.24. The lowest BCUT2D eigenvalue weighted by atomic mass is 9.89. The minimum absolute atomic E-state index is 0.0924. The first-order valence-corrected chi connectivity index (χ1v) is 9.93. The highest BCUT2D eigenvalue weighted by molar-refractivity contribution is 6.74. The average Bonchev–Trinajstić information content (AvgIpc) is 2.32. The largest absolute Gasteiger partial charge is 0.410 e. The molecule has 19 heavy (non-hydrogen) atoms. The first kappa shape index (κ1) is 14.5. The minimum atomic E-state index is -1.79. The number of benzene rings is 1. The quantitative estimate of drug-likeness (QED) is 0.730. The van der Waals surface area contributed by atoms with E-state index < -0.39 is 8.32 Å². The number of hydrogen-bond acceptors (Lipinski definition) is 2. The van der Waals surface area contributed by atoms with Gasteiger partial charge in [0, 0.05) is 12.0 Å². The standard InChI is InChI=1S/C16H24O2Si/c1-16(2,3)19(4,5)18-15-11-10-14(17)12-8-6-7-9-13(12)15/h6-9,15H,10-11H2,1-5H3/t15-/m1/s1. The normalized spacial score (nSPS) is 20.3. The predicted octanol–water partition coefficient (Wildman–Crippen LogP) is 4.73. The third-order valence-corrected chi connectivity index (χ3v) is 8.97. The van der Waals surface area contributed by atoms with Gasteiger partial charge in [0.15, 0.2) is 14.1 Å². The summed E-state index contributed by atoms with van der Waals surface area (Å²) in [6, 6.07) is 7.91. The van der Waals surface area contributed by atoms with E-state index >= 15 is 0 Å². The van der Waals surface area contributed by atoms with Crippen LogP contribution in [0.5, 0.6) is 0 Å². The van der Waals surface area contributed by atoms with E-state index in [0.717, 1.165) is 17.5 Å². The molecular weight excluding hydrogens is 252 g/mol. The van der Waals surface area contributed by atoms with Gasteiger partial charge < -0.3 is 4.43 Å². The maximum Gasteiger partial charge on any atom is 0.192 e. The van der Waals surface area contributed by atoms with Crippen LogP contribution in [-0.2, 0) is 4.43 Å². The van der Waals surface area contributed by atoms with E-state index in [1.807, 2.05) is 24.3 Å². The van der Waals surface area contributed by atoms with E-state index in [1.165, 1.54) is 0 Å². The lowest BCUT2D eigenvalue weighted by molar-refractivity contribution is 0.0907. The van der Waals surface area contributed by atoms with Crippen molar-refractivity contribution in [2.24, 2.45) is 0 Å². The number of fused-ring (bicyclic) bond motifs is 1. The van der Waals surface area contributed by atoms with Gasteiger partial charge in [-0.2, -0.15) is 0 Å². The molecule has 1 atom stereocenters. The molecule has 0 fully saturated rings. The Morgan fingerprint density at radius 1 is 1.21 bits per heavy atom. The van der Waals surface area contributed by atoms with Crippen molar-refractivity contribution in [1.82, 2.24) is 0 Å². The van der Waals surface area contributed by atoms with E-state index in [0.29, 0.717) is 6.42 Å². The monoisotopic (exact) mass is 276 g/mol. The van der Waals surface area contributed by atoms with Crippen molar-refractivity contribution in [3.05, 3.63) is 35.4 Å². The van der Waals surface area contributed by atoms with Gasteiger partial charge in [-0.15, -0.1) is 0 Å². The highest BCUT2D eigenvalue weighted by Gasteiger charge is 2.40. The van der Waals surface area contributed by atoms with Crippen molar-refractivity contribution in [3.8, 4) is 0 Å². The topological polar surface area (TPSA) is 26.3 Å². The zero-order valence-electron chi connectivity index (χ0n) is 12.6. The summed E-state index contributed by atoms with van der Waals surface area (Å²) in [7, 11) is -1.79. The molecule has 0 saturated carbocycles. The van der Waals surface area contributed by atoms with Gasteiger partial charge in [0.05, 0.1) is 6.10 Å². The van der Waals surface area contributed by atoms with Crippen molar-refractivity contribution in [2.75, 3.05) is 0 Å². The maximum atomic E-state index is 11.9. The average molecular weight is 276 g/mol. The lowest BCUT2D eigenvalue weighted by Gasteiger charge is -2.40. The summed E-state index contributed by atoms with van der Waals surface area (Å²) in [6.45, 7) is 11.3. The number of Topliss-reactive ketones (excluding diaryl/α,β-unsaturated/α-hetero) is 1. The third kappa shape index (κ3) is 2.82. The molecule has 0 N–H and O–H groups in total. The Labute approximate surface area is 117 Å². The Balaban J connectivity index is 2.29. The molecule has 0 heterocycles. The highest BCUT2D eigenvalue weighted by Crippen LogP contribution is 2.42. The molecule has 104 valence electrons. The first-order chi connectivity index (χ1) is 8.72. The van der Waals surface area contributed by atoms with Crippen molar-refractivity contribution >= 4 is 14.1 Å². The molecular formula is C16H24O2Si. The molecule has 0 saturated heterocycles. The molecule has 1 aliphatic rings. The molecule has 3 heteroatoms. The van der Waals surface area contributed by atoms with Crippen LogP contribution in [0.4, 0.5) is 0 Å². The summed E-state index contributed by atoms with van der Waals surface area (Å²) in [4.78, 5) is 11.9. The number of carbonyl (C=O) groups is 1. The van der Waals surface area contributed by atoms with E-state index in [1.54, 1.807) is 0 Å². The second kappa shape index (κ2) is 4.87. The molecule has 0 radical (unpaired) electrons. The summed E-state index contributed by atoms with van der Waals surface area (Å²) < 4.78 is 6.50. The molecule has 1 aromatic carbocycles. The van der Waals surface area contributed by atoms with E-state index in [2.05, 4.69) is 33.9 Å². The zero-order valence-corrected chi connectivity index (χ0v) is 13.6.